The van der Waals surface area contributed by atoms with Gasteiger partial charge in [0.05, 0.1) is 0 Å². The number of anilines is 1. The van der Waals surface area contributed by atoms with Gasteiger partial charge >= 0.3 is 0 Å². The van der Waals surface area contributed by atoms with Crippen molar-refractivity contribution in [2.24, 2.45) is 0 Å². The molecule has 1 fully saturated rings. The van der Waals surface area contributed by atoms with Crippen molar-refractivity contribution in [1.29, 1.82) is 0 Å². The van der Waals surface area contributed by atoms with Crippen LogP contribution in [0.2, 0.25) is 0 Å². The van der Waals surface area contributed by atoms with Gasteiger partial charge in [-0.15, -0.1) is 0 Å². The van der Waals surface area contributed by atoms with E-state index in [1.54, 1.807) is 0 Å². The van der Waals surface area contributed by atoms with E-state index in [4.69, 9.17) is 0 Å². The van der Waals surface area contributed by atoms with Crippen LogP contribution in [0.5, 0.6) is 0 Å². The van der Waals surface area contributed by atoms with Gasteiger partial charge in [-0.3, -0.25) is 0 Å². The average molecular weight is 215 g/mol. The topological polar surface area (TPSA) is 12.0 Å². The molecule has 0 radical (unpaired) electrons. The smallest absolute Gasteiger partial charge is 0.0345 e. The van der Waals surface area contributed by atoms with Crippen LogP contribution in [0.15, 0.2) is 30.8 Å². The Morgan fingerprint density at radius 2 is 1.75 bits per heavy atom. The van der Waals surface area contributed by atoms with Crippen LogP contribution in [-0.4, -0.2) is 5.54 Å². The maximum atomic E-state index is 3.77. The fourth-order valence-electron chi connectivity index (χ4n) is 2.51. The molecule has 0 amide bonds. The Hall–Kier alpha value is -1.24. The Kier molecular flexibility index (Phi) is 3.33. The Balaban J connectivity index is 2.04. The molecule has 1 nitrogen and oxygen atoms in total. The van der Waals surface area contributed by atoms with Crippen molar-refractivity contribution in [3.05, 3.63) is 36.4 Å². The van der Waals surface area contributed by atoms with E-state index in [0.29, 0.717) is 5.54 Å². The summed E-state index contributed by atoms with van der Waals surface area (Å²) in [5.74, 6) is 0. The van der Waals surface area contributed by atoms with E-state index in [0.717, 1.165) is 0 Å². The molecule has 1 aromatic rings. The lowest BCUT2D eigenvalue weighted by Gasteiger charge is -2.35. The van der Waals surface area contributed by atoms with Crippen LogP contribution in [0, 0.1) is 0 Å². The quantitative estimate of drug-likeness (QED) is 0.784. The zero-order chi connectivity index (χ0) is 11.4. The maximum absolute atomic E-state index is 3.77. The number of benzene rings is 1. The number of hydrogen-bond acceptors (Lipinski definition) is 1. The predicted molar refractivity (Wildman–Crippen MR) is 71.6 cm³/mol. The van der Waals surface area contributed by atoms with Crippen molar-refractivity contribution in [2.75, 3.05) is 5.32 Å². The molecule has 1 aliphatic carbocycles. The average Bonchev–Trinajstić information content (AvgIpc) is 2.30. The van der Waals surface area contributed by atoms with E-state index in [1.165, 1.54) is 43.4 Å². The molecule has 1 N–H and O–H groups in total. The lowest BCUT2D eigenvalue weighted by Crippen LogP contribution is -2.36. The second-order valence-electron chi connectivity index (χ2n) is 5.07. The molecule has 1 saturated carbocycles. The molecule has 0 aromatic heterocycles. The number of hydrogen-bond donors (Lipinski definition) is 1. The summed E-state index contributed by atoms with van der Waals surface area (Å²) in [6.07, 6.45) is 8.56. The van der Waals surface area contributed by atoms with E-state index < -0.39 is 0 Å². The first kappa shape index (κ1) is 11.3. The highest BCUT2D eigenvalue weighted by Crippen LogP contribution is 2.31. The van der Waals surface area contributed by atoms with Crippen LogP contribution >= 0.6 is 0 Å². The van der Waals surface area contributed by atoms with E-state index >= 15 is 0 Å². The molecule has 0 aliphatic heterocycles. The Labute approximate surface area is 98.6 Å². The maximum Gasteiger partial charge on any atom is 0.0345 e. The van der Waals surface area contributed by atoms with Crippen LogP contribution in [0.3, 0.4) is 0 Å². The Bertz CT molecular complexity index is 344. The standard InChI is InChI=1S/C15H21N/c1-3-13-7-9-14(10-8-13)16-15(2)11-5-4-6-12-15/h3,7-10,16H,1,4-6,11-12H2,2H3. The molecule has 86 valence electrons. The molecule has 2 rings (SSSR count). The Morgan fingerprint density at radius 1 is 1.12 bits per heavy atom. The summed E-state index contributed by atoms with van der Waals surface area (Å²) < 4.78 is 0. The van der Waals surface area contributed by atoms with Crippen molar-refractivity contribution in [2.45, 2.75) is 44.6 Å². The molecule has 0 heterocycles. The molecule has 0 atom stereocenters. The molecular weight excluding hydrogens is 194 g/mol. The third kappa shape index (κ3) is 2.66. The third-order valence-electron chi connectivity index (χ3n) is 3.55. The molecule has 0 unspecified atom stereocenters. The highest BCUT2D eigenvalue weighted by molar-refractivity contribution is 5.54. The zero-order valence-electron chi connectivity index (χ0n) is 10.1. The van der Waals surface area contributed by atoms with Gasteiger partial charge in [0.15, 0.2) is 0 Å². The minimum absolute atomic E-state index is 0.300. The van der Waals surface area contributed by atoms with Gasteiger partial charge in [0, 0.05) is 11.2 Å². The summed E-state index contributed by atoms with van der Waals surface area (Å²) in [6, 6.07) is 8.52. The zero-order valence-corrected chi connectivity index (χ0v) is 10.1. The van der Waals surface area contributed by atoms with Crippen molar-refractivity contribution >= 4 is 11.8 Å². The Morgan fingerprint density at radius 3 is 2.31 bits per heavy atom. The third-order valence-corrected chi connectivity index (χ3v) is 3.55. The van der Waals surface area contributed by atoms with Crippen LogP contribution in [0.25, 0.3) is 6.08 Å². The fraction of sp³-hybridized carbons (Fsp3) is 0.467. The van der Waals surface area contributed by atoms with Crippen LogP contribution < -0.4 is 5.32 Å². The lowest BCUT2D eigenvalue weighted by atomic mass is 9.83. The first-order valence-electron chi connectivity index (χ1n) is 6.23. The van der Waals surface area contributed by atoms with Gasteiger partial charge in [0.25, 0.3) is 0 Å². The molecular formula is C15H21N. The van der Waals surface area contributed by atoms with Crippen LogP contribution in [0.4, 0.5) is 5.69 Å². The molecule has 16 heavy (non-hydrogen) atoms. The predicted octanol–water partition coefficient (Wildman–Crippen LogP) is 4.46. The van der Waals surface area contributed by atoms with E-state index in [-0.39, 0.29) is 0 Å². The van der Waals surface area contributed by atoms with Gasteiger partial charge in [-0.05, 0) is 37.5 Å². The van der Waals surface area contributed by atoms with Crippen molar-refractivity contribution in [3.63, 3.8) is 0 Å². The molecule has 0 spiro atoms. The van der Waals surface area contributed by atoms with Gasteiger partial charge in [-0.1, -0.05) is 44.1 Å². The van der Waals surface area contributed by atoms with Gasteiger partial charge in [0.2, 0.25) is 0 Å². The first-order valence-corrected chi connectivity index (χ1v) is 6.23. The van der Waals surface area contributed by atoms with Gasteiger partial charge in [0.1, 0.15) is 0 Å². The summed E-state index contributed by atoms with van der Waals surface area (Å²) in [6.45, 7) is 6.11. The van der Waals surface area contributed by atoms with Crippen LogP contribution in [0.1, 0.15) is 44.6 Å². The summed E-state index contributed by atoms with van der Waals surface area (Å²) >= 11 is 0. The SMILES string of the molecule is C=Cc1ccc(NC2(C)CCCCC2)cc1. The second kappa shape index (κ2) is 4.73. The van der Waals surface area contributed by atoms with Crippen molar-refractivity contribution in [1.82, 2.24) is 0 Å². The summed E-state index contributed by atoms with van der Waals surface area (Å²) in [7, 11) is 0. The van der Waals surface area contributed by atoms with E-state index in [1.807, 2.05) is 6.08 Å². The van der Waals surface area contributed by atoms with Gasteiger partial charge < -0.3 is 5.32 Å². The molecule has 0 bridgehead atoms. The minimum atomic E-state index is 0.300. The minimum Gasteiger partial charge on any atom is -0.380 e. The normalized spacial score (nSPS) is 19.1. The van der Waals surface area contributed by atoms with Gasteiger partial charge in [-0.25, -0.2) is 0 Å². The lowest BCUT2D eigenvalue weighted by molar-refractivity contribution is 0.349. The number of rotatable bonds is 3. The highest BCUT2D eigenvalue weighted by Gasteiger charge is 2.25. The highest BCUT2D eigenvalue weighted by atomic mass is 15.0. The summed E-state index contributed by atoms with van der Waals surface area (Å²) in [4.78, 5) is 0. The monoisotopic (exact) mass is 215 g/mol. The largest absolute Gasteiger partial charge is 0.380 e. The van der Waals surface area contributed by atoms with Gasteiger partial charge in [-0.2, -0.15) is 0 Å². The fourth-order valence-corrected chi connectivity index (χ4v) is 2.51. The van der Waals surface area contributed by atoms with E-state index in [2.05, 4.69) is 43.1 Å². The first-order chi connectivity index (χ1) is 7.72. The molecule has 1 aromatic carbocycles. The molecule has 1 heteroatoms. The second-order valence-corrected chi connectivity index (χ2v) is 5.07. The summed E-state index contributed by atoms with van der Waals surface area (Å²) in [5, 5.41) is 3.67. The molecule has 0 saturated heterocycles. The number of nitrogens with one attached hydrogen (secondary N) is 1. The van der Waals surface area contributed by atoms with Crippen molar-refractivity contribution in [3.8, 4) is 0 Å². The van der Waals surface area contributed by atoms with E-state index in [9.17, 15) is 0 Å². The van der Waals surface area contributed by atoms with Crippen LogP contribution in [-0.2, 0) is 0 Å². The van der Waals surface area contributed by atoms with Crippen molar-refractivity contribution < 1.29 is 0 Å². The summed E-state index contributed by atoms with van der Waals surface area (Å²) in [5.41, 5.74) is 2.71. The molecule has 1 aliphatic rings.